The van der Waals surface area contributed by atoms with Crippen molar-refractivity contribution in [3.63, 3.8) is 0 Å². The van der Waals surface area contributed by atoms with Crippen LogP contribution in [0.4, 0.5) is 0 Å². The third-order valence-corrected chi connectivity index (χ3v) is 5.37. The van der Waals surface area contributed by atoms with Crippen LogP contribution in [0.25, 0.3) is 6.08 Å². The first-order valence-corrected chi connectivity index (χ1v) is 8.00. The van der Waals surface area contributed by atoms with Gasteiger partial charge in [-0.1, -0.05) is 42.5 Å². The van der Waals surface area contributed by atoms with Crippen molar-refractivity contribution in [3.8, 4) is 0 Å². The number of fused-ring (bicyclic) bond motifs is 2. The first-order valence-electron chi connectivity index (χ1n) is 8.00. The SMILES string of the molecule is C/C=C/C1=Cc2ccccc2C12CCC1(CC2)OCCO1. The van der Waals surface area contributed by atoms with E-state index in [0.717, 1.165) is 38.9 Å². The van der Waals surface area contributed by atoms with Gasteiger partial charge >= 0.3 is 0 Å². The molecule has 1 saturated carbocycles. The van der Waals surface area contributed by atoms with Crippen molar-refractivity contribution in [3.05, 3.63) is 53.1 Å². The van der Waals surface area contributed by atoms with Gasteiger partial charge in [-0.2, -0.15) is 0 Å². The Kier molecular flexibility index (Phi) is 3.05. The van der Waals surface area contributed by atoms with Crippen molar-refractivity contribution in [2.75, 3.05) is 13.2 Å². The van der Waals surface area contributed by atoms with E-state index in [9.17, 15) is 0 Å². The van der Waals surface area contributed by atoms with Gasteiger partial charge in [0, 0.05) is 18.3 Å². The Hall–Kier alpha value is -1.38. The molecule has 1 aliphatic heterocycles. The molecular weight excluding hydrogens is 260 g/mol. The van der Waals surface area contributed by atoms with Crippen LogP contribution in [0.2, 0.25) is 0 Å². The van der Waals surface area contributed by atoms with Crippen LogP contribution in [0, 0.1) is 0 Å². The lowest BCUT2D eigenvalue weighted by atomic mass is 9.65. The van der Waals surface area contributed by atoms with Gasteiger partial charge in [0.1, 0.15) is 0 Å². The fourth-order valence-corrected chi connectivity index (χ4v) is 4.31. The lowest BCUT2D eigenvalue weighted by molar-refractivity contribution is -0.182. The smallest absolute Gasteiger partial charge is 0.168 e. The van der Waals surface area contributed by atoms with Gasteiger partial charge in [-0.25, -0.2) is 0 Å². The van der Waals surface area contributed by atoms with Crippen LogP contribution in [0.15, 0.2) is 42.0 Å². The lowest BCUT2D eigenvalue weighted by Gasteiger charge is -2.43. The van der Waals surface area contributed by atoms with Gasteiger partial charge in [0.15, 0.2) is 5.79 Å². The summed E-state index contributed by atoms with van der Waals surface area (Å²) in [7, 11) is 0. The van der Waals surface area contributed by atoms with Gasteiger partial charge in [-0.15, -0.1) is 0 Å². The zero-order valence-electron chi connectivity index (χ0n) is 12.6. The molecule has 1 aromatic carbocycles. The van der Waals surface area contributed by atoms with Crippen molar-refractivity contribution < 1.29 is 9.47 Å². The van der Waals surface area contributed by atoms with E-state index in [-0.39, 0.29) is 11.2 Å². The second kappa shape index (κ2) is 4.82. The van der Waals surface area contributed by atoms with Gasteiger partial charge in [-0.3, -0.25) is 0 Å². The number of ether oxygens (including phenoxy) is 2. The molecular formula is C19H22O2. The molecule has 2 fully saturated rings. The molecule has 0 aromatic heterocycles. The van der Waals surface area contributed by atoms with Crippen molar-refractivity contribution in [2.45, 2.75) is 43.8 Å². The number of hydrogen-bond donors (Lipinski definition) is 0. The number of allylic oxidation sites excluding steroid dienone is 3. The summed E-state index contributed by atoms with van der Waals surface area (Å²) in [6.45, 7) is 3.60. The van der Waals surface area contributed by atoms with Crippen LogP contribution >= 0.6 is 0 Å². The molecule has 3 aliphatic rings. The molecule has 21 heavy (non-hydrogen) atoms. The monoisotopic (exact) mass is 282 g/mol. The van der Waals surface area contributed by atoms with Crippen molar-refractivity contribution >= 4 is 6.08 Å². The Morgan fingerprint density at radius 1 is 1.00 bits per heavy atom. The van der Waals surface area contributed by atoms with Crippen molar-refractivity contribution in [1.29, 1.82) is 0 Å². The molecule has 2 spiro atoms. The average Bonchev–Trinajstić information content (AvgIpc) is 3.08. The van der Waals surface area contributed by atoms with E-state index in [0.29, 0.717) is 0 Å². The molecule has 0 amide bonds. The third-order valence-electron chi connectivity index (χ3n) is 5.37. The number of rotatable bonds is 1. The summed E-state index contributed by atoms with van der Waals surface area (Å²) in [5, 5.41) is 0. The summed E-state index contributed by atoms with van der Waals surface area (Å²) < 4.78 is 11.8. The highest BCUT2D eigenvalue weighted by Gasteiger charge is 2.50. The van der Waals surface area contributed by atoms with Gasteiger partial charge in [0.25, 0.3) is 0 Å². The second-order valence-corrected chi connectivity index (χ2v) is 6.38. The summed E-state index contributed by atoms with van der Waals surface area (Å²) in [6, 6.07) is 8.84. The fourth-order valence-electron chi connectivity index (χ4n) is 4.31. The highest BCUT2D eigenvalue weighted by Crippen LogP contribution is 2.54. The molecule has 1 saturated heterocycles. The Balaban J connectivity index is 1.71. The predicted molar refractivity (Wildman–Crippen MR) is 84.0 cm³/mol. The maximum atomic E-state index is 5.91. The van der Waals surface area contributed by atoms with E-state index in [1.54, 1.807) is 0 Å². The van der Waals surface area contributed by atoms with Gasteiger partial charge < -0.3 is 9.47 Å². The molecule has 0 radical (unpaired) electrons. The van der Waals surface area contributed by atoms with Gasteiger partial charge in [-0.05, 0) is 36.5 Å². The van der Waals surface area contributed by atoms with Crippen molar-refractivity contribution in [2.24, 2.45) is 0 Å². The molecule has 0 atom stereocenters. The van der Waals surface area contributed by atoms with E-state index in [2.05, 4.69) is 49.4 Å². The lowest BCUT2D eigenvalue weighted by Crippen LogP contribution is -2.42. The molecule has 0 N–H and O–H groups in total. The van der Waals surface area contributed by atoms with Crippen LogP contribution in [-0.2, 0) is 14.9 Å². The summed E-state index contributed by atoms with van der Waals surface area (Å²) in [5.74, 6) is -0.288. The first-order chi connectivity index (χ1) is 10.3. The number of hydrogen-bond acceptors (Lipinski definition) is 2. The average molecular weight is 282 g/mol. The molecule has 0 bridgehead atoms. The van der Waals surface area contributed by atoms with Crippen molar-refractivity contribution in [1.82, 2.24) is 0 Å². The van der Waals surface area contributed by atoms with E-state index >= 15 is 0 Å². The fraction of sp³-hybridized carbons (Fsp3) is 0.474. The summed E-state index contributed by atoms with van der Waals surface area (Å²) >= 11 is 0. The summed E-state index contributed by atoms with van der Waals surface area (Å²) in [6.07, 6.45) is 11.0. The minimum absolute atomic E-state index is 0.170. The standard InChI is InChI=1S/C19H22O2/c1-2-5-16-14-15-6-3-4-7-17(15)18(16)8-10-19(11-9-18)20-12-13-21-19/h2-7,14H,8-13H2,1H3/b5-2+. The Morgan fingerprint density at radius 3 is 2.43 bits per heavy atom. The highest BCUT2D eigenvalue weighted by molar-refractivity contribution is 5.72. The van der Waals surface area contributed by atoms with Gasteiger partial charge in [0.05, 0.1) is 13.2 Å². The molecule has 2 aliphatic carbocycles. The van der Waals surface area contributed by atoms with E-state index in [1.807, 2.05) is 0 Å². The predicted octanol–water partition coefficient (Wildman–Crippen LogP) is 4.21. The van der Waals surface area contributed by atoms with Crippen LogP contribution < -0.4 is 0 Å². The van der Waals surface area contributed by atoms with Crippen LogP contribution in [0.1, 0.15) is 43.7 Å². The summed E-state index contributed by atoms with van der Waals surface area (Å²) in [4.78, 5) is 0. The molecule has 2 heteroatoms. The zero-order valence-corrected chi connectivity index (χ0v) is 12.6. The molecule has 110 valence electrons. The largest absolute Gasteiger partial charge is 0.348 e. The second-order valence-electron chi connectivity index (χ2n) is 6.38. The normalized spacial score (nSPS) is 25.7. The van der Waals surface area contributed by atoms with Gasteiger partial charge in [0.2, 0.25) is 0 Å². The molecule has 1 heterocycles. The highest BCUT2D eigenvalue weighted by atomic mass is 16.7. The molecule has 2 nitrogen and oxygen atoms in total. The zero-order chi connectivity index (χ0) is 14.3. The molecule has 1 aromatic rings. The topological polar surface area (TPSA) is 18.5 Å². The molecule has 0 unspecified atom stereocenters. The number of benzene rings is 1. The van der Waals surface area contributed by atoms with Crippen LogP contribution in [-0.4, -0.2) is 19.0 Å². The van der Waals surface area contributed by atoms with Crippen LogP contribution in [0.3, 0.4) is 0 Å². The minimum Gasteiger partial charge on any atom is -0.348 e. The van der Waals surface area contributed by atoms with E-state index in [1.165, 1.54) is 16.7 Å². The Bertz CT molecular complexity index is 596. The minimum atomic E-state index is -0.288. The Labute approximate surface area is 126 Å². The Morgan fingerprint density at radius 2 is 1.71 bits per heavy atom. The third kappa shape index (κ3) is 1.93. The van der Waals surface area contributed by atoms with E-state index in [4.69, 9.17) is 9.47 Å². The maximum Gasteiger partial charge on any atom is 0.168 e. The summed E-state index contributed by atoms with van der Waals surface area (Å²) in [5.41, 5.74) is 4.50. The first kappa shape index (κ1) is 13.3. The van der Waals surface area contributed by atoms with Crippen LogP contribution in [0.5, 0.6) is 0 Å². The van der Waals surface area contributed by atoms with E-state index < -0.39 is 0 Å². The quantitative estimate of drug-likeness (QED) is 0.768. The molecule has 4 rings (SSSR count). The maximum absolute atomic E-state index is 5.91.